The first kappa shape index (κ1) is 16.3. The van der Waals surface area contributed by atoms with Crippen LogP contribution in [0.15, 0.2) is 18.2 Å². The molecule has 2 rings (SSSR count). The number of nitrogens with one attached hydrogen (secondary N) is 1. The first-order valence-electron chi connectivity index (χ1n) is 7.50. The van der Waals surface area contributed by atoms with E-state index in [1.54, 1.807) is 0 Å². The molecule has 1 saturated heterocycles. The normalized spacial score (nSPS) is 23.0. The van der Waals surface area contributed by atoms with Gasteiger partial charge in [-0.1, -0.05) is 0 Å². The Kier molecular flexibility index (Phi) is 5.67. The Morgan fingerprint density at radius 3 is 2.48 bits per heavy atom. The van der Waals surface area contributed by atoms with Gasteiger partial charge in [-0.2, -0.15) is 0 Å². The van der Waals surface area contributed by atoms with Crippen LogP contribution < -0.4 is 5.32 Å². The van der Waals surface area contributed by atoms with E-state index in [2.05, 4.69) is 29.2 Å². The van der Waals surface area contributed by atoms with Gasteiger partial charge in [0.1, 0.15) is 11.6 Å². The molecule has 1 fully saturated rings. The highest BCUT2D eigenvalue weighted by Crippen LogP contribution is 2.16. The molecule has 1 N–H and O–H groups in total. The third-order valence-electron chi connectivity index (χ3n) is 4.33. The molecule has 0 bridgehead atoms. The van der Waals surface area contributed by atoms with Crippen LogP contribution in [-0.2, 0) is 6.42 Å². The van der Waals surface area contributed by atoms with E-state index in [9.17, 15) is 8.78 Å². The van der Waals surface area contributed by atoms with Crippen molar-refractivity contribution in [3.05, 3.63) is 35.4 Å². The zero-order valence-corrected chi connectivity index (χ0v) is 13.1. The maximum atomic E-state index is 13.3. The molecule has 2 atom stereocenters. The van der Waals surface area contributed by atoms with Crippen LogP contribution in [0.2, 0.25) is 0 Å². The van der Waals surface area contributed by atoms with E-state index in [4.69, 9.17) is 0 Å². The number of likely N-dealkylation sites (N-methyl/N-ethyl adjacent to an activating group) is 3. The average Bonchev–Trinajstić information content (AvgIpc) is 2.57. The van der Waals surface area contributed by atoms with Gasteiger partial charge in [0.2, 0.25) is 0 Å². The second-order valence-electron chi connectivity index (χ2n) is 6.04. The summed E-state index contributed by atoms with van der Waals surface area (Å²) in [4.78, 5) is 4.67. The van der Waals surface area contributed by atoms with Crippen molar-refractivity contribution in [2.45, 2.75) is 24.9 Å². The summed E-state index contributed by atoms with van der Waals surface area (Å²) in [5.74, 6) is -1.02. The van der Waals surface area contributed by atoms with E-state index < -0.39 is 11.6 Å². The Morgan fingerprint density at radius 1 is 1.19 bits per heavy atom. The summed E-state index contributed by atoms with van der Waals surface area (Å²) < 4.78 is 26.7. The van der Waals surface area contributed by atoms with E-state index >= 15 is 0 Å². The van der Waals surface area contributed by atoms with Gasteiger partial charge in [0.25, 0.3) is 0 Å². The molecule has 5 heteroatoms. The molecule has 1 heterocycles. The molecule has 1 aliphatic rings. The second kappa shape index (κ2) is 7.29. The zero-order chi connectivity index (χ0) is 15.4. The van der Waals surface area contributed by atoms with Crippen LogP contribution in [0.5, 0.6) is 0 Å². The van der Waals surface area contributed by atoms with Gasteiger partial charge in [0.05, 0.1) is 0 Å². The average molecular weight is 297 g/mol. The van der Waals surface area contributed by atoms with E-state index in [0.29, 0.717) is 18.0 Å². The van der Waals surface area contributed by atoms with E-state index in [0.717, 1.165) is 32.1 Å². The van der Waals surface area contributed by atoms with Crippen molar-refractivity contribution in [1.29, 1.82) is 0 Å². The van der Waals surface area contributed by atoms with Crippen molar-refractivity contribution >= 4 is 0 Å². The van der Waals surface area contributed by atoms with Crippen LogP contribution in [0.4, 0.5) is 8.78 Å². The number of hydrogen-bond acceptors (Lipinski definition) is 3. The second-order valence-corrected chi connectivity index (χ2v) is 6.04. The minimum absolute atomic E-state index is 0.164. The van der Waals surface area contributed by atoms with E-state index in [-0.39, 0.29) is 6.04 Å². The molecule has 0 radical (unpaired) electrons. The molecular weight excluding hydrogens is 272 g/mol. The SMILES string of the molecule is CNC(Cc1cc(F)cc(F)c1)C1CN(C)CCCN1C. The Labute approximate surface area is 125 Å². The lowest BCUT2D eigenvalue weighted by Crippen LogP contribution is -2.52. The van der Waals surface area contributed by atoms with Crippen molar-refractivity contribution in [3.8, 4) is 0 Å². The van der Waals surface area contributed by atoms with Crippen molar-refractivity contribution in [2.75, 3.05) is 40.8 Å². The summed E-state index contributed by atoms with van der Waals surface area (Å²) in [6, 6.07) is 4.26. The van der Waals surface area contributed by atoms with Gasteiger partial charge in [0.15, 0.2) is 0 Å². The van der Waals surface area contributed by atoms with Crippen LogP contribution in [0.25, 0.3) is 0 Å². The van der Waals surface area contributed by atoms with Gasteiger partial charge in [0, 0.05) is 24.7 Å². The van der Waals surface area contributed by atoms with E-state index in [1.165, 1.54) is 12.1 Å². The maximum absolute atomic E-state index is 13.3. The fourth-order valence-electron chi connectivity index (χ4n) is 3.15. The van der Waals surface area contributed by atoms with Crippen LogP contribution in [0, 0.1) is 11.6 Å². The number of benzene rings is 1. The number of halogens is 2. The summed E-state index contributed by atoms with van der Waals surface area (Å²) in [7, 11) is 6.17. The molecule has 118 valence electrons. The Balaban J connectivity index is 2.13. The molecular formula is C16H25F2N3. The molecule has 0 saturated carbocycles. The van der Waals surface area contributed by atoms with Gasteiger partial charge < -0.3 is 15.1 Å². The molecule has 1 aromatic rings. The quantitative estimate of drug-likeness (QED) is 0.913. The minimum atomic E-state index is -0.508. The van der Waals surface area contributed by atoms with Crippen LogP contribution >= 0.6 is 0 Å². The highest BCUT2D eigenvalue weighted by Gasteiger charge is 2.27. The molecule has 0 aliphatic carbocycles. The van der Waals surface area contributed by atoms with Crippen LogP contribution in [0.1, 0.15) is 12.0 Å². The molecule has 0 amide bonds. The summed E-state index contributed by atoms with van der Waals surface area (Å²) in [5.41, 5.74) is 0.701. The Bertz CT molecular complexity index is 447. The fraction of sp³-hybridized carbons (Fsp3) is 0.625. The molecule has 1 aromatic carbocycles. The summed E-state index contributed by atoms with van der Waals surface area (Å²) in [6.45, 7) is 3.09. The van der Waals surface area contributed by atoms with E-state index in [1.807, 2.05) is 7.05 Å². The molecule has 1 aliphatic heterocycles. The van der Waals surface area contributed by atoms with Gasteiger partial charge >= 0.3 is 0 Å². The molecule has 2 unspecified atom stereocenters. The fourth-order valence-corrected chi connectivity index (χ4v) is 3.15. The van der Waals surface area contributed by atoms with Crippen molar-refractivity contribution in [3.63, 3.8) is 0 Å². The Hall–Kier alpha value is -1.04. The number of rotatable bonds is 4. The lowest BCUT2D eigenvalue weighted by molar-refractivity contribution is 0.181. The standard InChI is InChI=1S/C16H25F2N3/c1-19-15(9-12-7-13(17)10-14(18)8-12)16-11-20(2)5-4-6-21(16)3/h7-8,10,15-16,19H,4-6,9,11H2,1-3H3. The number of nitrogens with zero attached hydrogens (tertiary/aromatic N) is 2. The topological polar surface area (TPSA) is 18.5 Å². The summed E-state index contributed by atoms with van der Waals surface area (Å²) >= 11 is 0. The molecule has 21 heavy (non-hydrogen) atoms. The summed E-state index contributed by atoms with van der Waals surface area (Å²) in [5, 5.41) is 3.32. The third kappa shape index (κ3) is 4.46. The molecule has 0 aromatic heterocycles. The Morgan fingerprint density at radius 2 is 1.86 bits per heavy atom. The molecule has 0 spiro atoms. The monoisotopic (exact) mass is 297 g/mol. The smallest absolute Gasteiger partial charge is 0.126 e. The largest absolute Gasteiger partial charge is 0.315 e. The lowest BCUT2D eigenvalue weighted by Gasteiger charge is -2.34. The third-order valence-corrected chi connectivity index (χ3v) is 4.33. The van der Waals surface area contributed by atoms with Crippen molar-refractivity contribution in [2.24, 2.45) is 0 Å². The molecule has 3 nitrogen and oxygen atoms in total. The first-order valence-corrected chi connectivity index (χ1v) is 7.50. The predicted octanol–water partition coefficient (Wildman–Crippen LogP) is 1.73. The first-order chi connectivity index (χ1) is 9.99. The van der Waals surface area contributed by atoms with Crippen LogP contribution in [0.3, 0.4) is 0 Å². The summed E-state index contributed by atoms with van der Waals surface area (Å²) in [6.07, 6.45) is 1.77. The highest BCUT2D eigenvalue weighted by atomic mass is 19.1. The van der Waals surface area contributed by atoms with Gasteiger partial charge in [-0.25, -0.2) is 8.78 Å². The van der Waals surface area contributed by atoms with Crippen LogP contribution in [-0.4, -0.2) is 62.7 Å². The van der Waals surface area contributed by atoms with Crippen molar-refractivity contribution in [1.82, 2.24) is 15.1 Å². The predicted molar refractivity (Wildman–Crippen MR) is 81.4 cm³/mol. The maximum Gasteiger partial charge on any atom is 0.126 e. The van der Waals surface area contributed by atoms with Gasteiger partial charge in [-0.15, -0.1) is 0 Å². The minimum Gasteiger partial charge on any atom is -0.315 e. The number of hydrogen-bond donors (Lipinski definition) is 1. The van der Waals surface area contributed by atoms with Gasteiger partial charge in [-0.05, 0) is 64.8 Å². The van der Waals surface area contributed by atoms with Crippen molar-refractivity contribution < 1.29 is 8.78 Å². The lowest BCUT2D eigenvalue weighted by atomic mass is 9.98. The van der Waals surface area contributed by atoms with Gasteiger partial charge in [-0.3, -0.25) is 0 Å². The highest BCUT2D eigenvalue weighted by molar-refractivity contribution is 5.19. The zero-order valence-electron chi connectivity index (χ0n) is 13.1.